The van der Waals surface area contributed by atoms with E-state index in [4.69, 9.17) is 16.4 Å². The monoisotopic (exact) mass is 953 g/mol. The Bertz CT molecular complexity index is 769. The van der Waals surface area contributed by atoms with Gasteiger partial charge in [0.15, 0.2) is 0 Å². The molecule has 0 bridgehead atoms. The van der Waals surface area contributed by atoms with Gasteiger partial charge in [-0.3, -0.25) is 0 Å². The molecule has 0 aromatic carbocycles. The summed E-state index contributed by atoms with van der Waals surface area (Å²) in [6, 6.07) is 0. The minimum absolute atomic E-state index is 0.154. The number of carbonyl (C=O) groups excluding carboxylic acids is 2. The molecule has 0 rings (SSSR count). The van der Waals surface area contributed by atoms with Crippen molar-refractivity contribution in [3.05, 3.63) is 0 Å². The fourth-order valence-corrected chi connectivity index (χ4v) is 19.6. The average Bonchev–Trinajstić information content (AvgIpc) is 3.21. The van der Waals surface area contributed by atoms with Crippen LogP contribution in [0.4, 0.5) is 0 Å². The molecule has 0 heterocycles. The second kappa shape index (κ2) is 47.4. The maximum atomic E-state index is 13.1. The Kier molecular flexibility index (Phi) is 47.7. The van der Waals surface area contributed by atoms with E-state index in [9.17, 15) is 9.59 Å². The number of hydrogen-bond acceptors (Lipinski definition) is 8. The van der Waals surface area contributed by atoms with Gasteiger partial charge in [-0.25, -0.2) is 0 Å². The van der Waals surface area contributed by atoms with Crippen LogP contribution >= 0.6 is 23.5 Å². The molecule has 0 amide bonds. The van der Waals surface area contributed by atoms with Crippen molar-refractivity contribution in [1.29, 1.82) is 0 Å². The van der Waals surface area contributed by atoms with E-state index in [-0.39, 0.29) is 11.9 Å². The van der Waals surface area contributed by atoms with Crippen LogP contribution in [0, 0.1) is 0 Å². The Morgan fingerprint density at radius 1 is 0.368 bits per heavy atom. The van der Waals surface area contributed by atoms with Crippen LogP contribution in [0.3, 0.4) is 0 Å². The van der Waals surface area contributed by atoms with E-state index in [1.54, 1.807) is 23.5 Å². The van der Waals surface area contributed by atoms with Gasteiger partial charge in [-0.15, -0.1) is 0 Å². The maximum absolute atomic E-state index is 13.1. The Morgan fingerprint density at radius 2 is 0.596 bits per heavy atom. The van der Waals surface area contributed by atoms with Gasteiger partial charge in [-0.1, -0.05) is 103 Å². The summed E-state index contributed by atoms with van der Waals surface area (Å²) in [5.41, 5.74) is 0. The summed E-state index contributed by atoms with van der Waals surface area (Å²) in [5.74, 6) is 2.43. The van der Waals surface area contributed by atoms with Crippen molar-refractivity contribution >= 4 is 54.7 Å². The third-order valence-corrected chi connectivity index (χ3v) is 23.1. The molecule has 340 valence electrons. The molecular weight excluding hydrogens is 855 g/mol. The molecule has 0 atom stereocenters. The van der Waals surface area contributed by atoms with Crippen molar-refractivity contribution < 1.29 is 26.0 Å². The van der Waals surface area contributed by atoms with E-state index >= 15 is 0 Å². The molecule has 0 aliphatic heterocycles. The van der Waals surface area contributed by atoms with E-state index in [1.165, 1.54) is 180 Å². The SMILES string of the molecule is CCC[CH2][Sn]([CH2]CCC)([O]C(=O)CSCCCCCCCCCCCCCCCCCCO)[O]C(=O)CSCCCCCCCCCCCCCCCCCCO. The molecule has 0 aromatic rings. The van der Waals surface area contributed by atoms with Gasteiger partial charge in [0.1, 0.15) is 0 Å². The Labute approximate surface area is 368 Å². The number of carbonyl (C=O) groups is 2. The van der Waals surface area contributed by atoms with E-state index in [2.05, 4.69) is 13.8 Å². The molecule has 0 aliphatic rings. The van der Waals surface area contributed by atoms with Gasteiger partial charge in [0.25, 0.3) is 0 Å². The van der Waals surface area contributed by atoms with Crippen molar-refractivity contribution in [2.24, 2.45) is 0 Å². The van der Waals surface area contributed by atoms with Crippen LogP contribution in [0.15, 0.2) is 0 Å². The van der Waals surface area contributed by atoms with Crippen molar-refractivity contribution in [3.63, 3.8) is 0 Å². The fourth-order valence-electron chi connectivity index (χ4n) is 7.61. The zero-order chi connectivity index (χ0) is 41.6. The molecular formula is C48H96O6S2Sn. The Hall–Kier alpha value is 0.359. The average molecular weight is 952 g/mol. The standard InChI is InChI=1S/2C20H40O3S.2C4H9.Sn/c2*21-17-15-13-11-9-7-5-3-1-2-4-6-8-10-12-14-16-18-24-19-20(22)23;2*1-3-4-2;/h2*21H,1-19H2,(H,22,23);2*1,3-4H2,2H3;/q;;;;+2/p-2. The first kappa shape index (κ1) is 57.4. The molecule has 0 unspecified atom stereocenters. The first-order chi connectivity index (χ1) is 28.0. The van der Waals surface area contributed by atoms with E-state index < -0.39 is 19.2 Å². The minimum atomic E-state index is -3.86. The second-order valence-electron chi connectivity index (χ2n) is 16.9. The minimum Gasteiger partial charge on any atom is -0.396 e. The molecule has 0 saturated carbocycles. The molecule has 6 nitrogen and oxygen atoms in total. The molecule has 0 aromatic heterocycles. The molecule has 0 spiro atoms. The van der Waals surface area contributed by atoms with Crippen LogP contribution < -0.4 is 0 Å². The number of hydrogen-bond donors (Lipinski definition) is 2. The van der Waals surface area contributed by atoms with Gasteiger partial charge in [0.2, 0.25) is 0 Å². The molecule has 0 aliphatic carbocycles. The molecule has 9 heteroatoms. The van der Waals surface area contributed by atoms with E-state index in [1.807, 2.05) is 0 Å². The van der Waals surface area contributed by atoms with Gasteiger partial charge < -0.3 is 10.2 Å². The summed E-state index contributed by atoms with van der Waals surface area (Å²) in [7, 11) is 0. The zero-order valence-corrected chi connectivity index (χ0v) is 42.4. The van der Waals surface area contributed by atoms with Gasteiger partial charge in [-0.2, -0.15) is 0 Å². The summed E-state index contributed by atoms with van der Waals surface area (Å²) in [6.45, 7) is 5.01. The number of unbranched alkanes of at least 4 members (excludes halogenated alkanes) is 32. The van der Waals surface area contributed by atoms with Gasteiger partial charge in [0, 0.05) is 13.2 Å². The quantitative estimate of drug-likeness (QED) is 0.0460. The van der Waals surface area contributed by atoms with Crippen LogP contribution in [0.25, 0.3) is 0 Å². The third-order valence-electron chi connectivity index (χ3n) is 11.3. The summed E-state index contributed by atoms with van der Waals surface area (Å²) < 4.78 is 14.1. The number of aliphatic hydroxyl groups is 2. The zero-order valence-electron chi connectivity index (χ0n) is 38.0. The predicted molar refractivity (Wildman–Crippen MR) is 254 cm³/mol. The summed E-state index contributed by atoms with van der Waals surface area (Å²) in [4.78, 5) is 26.2. The van der Waals surface area contributed by atoms with Gasteiger partial charge in [0.05, 0.1) is 0 Å². The smallest absolute Gasteiger partial charge is 0.396 e. The fraction of sp³-hybridized carbons (Fsp3) is 0.958. The first-order valence-corrected chi connectivity index (χ1v) is 33.5. The normalized spacial score (nSPS) is 11.7. The Morgan fingerprint density at radius 3 is 0.825 bits per heavy atom. The first-order valence-electron chi connectivity index (χ1n) is 24.8. The van der Waals surface area contributed by atoms with Crippen LogP contribution in [0.5, 0.6) is 0 Å². The number of thioether (sulfide) groups is 2. The molecule has 0 saturated heterocycles. The van der Waals surface area contributed by atoms with E-state index in [0.29, 0.717) is 24.7 Å². The third kappa shape index (κ3) is 42.8. The molecule has 57 heavy (non-hydrogen) atoms. The van der Waals surface area contributed by atoms with Crippen LogP contribution in [-0.4, -0.2) is 77.6 Å². The number of rotatable bonds is 48. The van der Waals surface area contributed by atoms with E-state index in [0.717, 1.165) is 71.7 Å². The van der Waals surface area contributed by atoms with Crippen molar-refractivity contribution in [1.82, 2.24) is 0 Å². The summed E-state index contributed by atoms with van der Waals surface area (Å²) >= 11 is -0.480. The van der Waals surface area contributed by atoms with Crippen molar-refractivity contribution in [2.75, 3.05) is 36.2 Å². The molecule has 0 fully saturated rings. The predicted octanol–water partition coefficient (Wildman–Crippen LogP) is 15.0. The van der Waals surface area contributed by atoms with Crippen LogP contribution in [-0.2, 0) is 15.7 Å². The van der Waals surface area contributed by atoms with Crippen molar-refractivity contribution in [3.8, 4) is 0 Å². The number of aliphatic hydroxyl groups excluding tert-OH is 2. The van der Waals surface area contributed by atoms with Crippen LogP contribution in [0.1, 0.15) is 245 Å². The van der Waals surface area contributed by atoms with Crippen LogP contribution in [0.2, 0.25) is 8.87 Å². The summed E-state index contributed by atoms with van der Waals surface area (Å²) in [6.07, 6.45) is 45.4. The summed E-state index contributed by atoms with van der Waals surface area (Å²) in [5, 5.41) is 17.7. The van der Waals surface area contributed by atoms with Gasteiger partial charge >= 0.3 is 232 Å². The van der Waals surface area contributed by atoms with Crippen molar-refractivity contribution in [2.45, 2.75) is 254 Å². The van der Waals surface area contributed by atoms with Gasteiger partial charge in [-0.05, 0) is 12.8 Å². The topological polar surface area (TPSA) is 93.1 Å². The molecule has 2 N–H and O–H groups in total. The Balaban J connectivity index is 4.02. The molecule has 0 radical (unpaired) electrons. The second-order valence-corrected chi connectivity index (χ2v) is 28.4.